The number of benzene rings is 1. The highest BCUT2D eigenvalue weighted by Crippen LogP contribution is 2.30. The van der Waals surface area contributed by atoms with E-state index < -0.39 is 0 Å². The first-order valence-corrected chi connectivity index (χ1v) is 11.5. The summed E-state index contributed by atoms with van der Waals surface area (Å²) in [5.74, 6) is 2.76. The molecule has 5 rings (SSSR count). The molecule has 1 aromatic carbocycles. The van der Waals surface area contributed by atoms with Crippen molar-refractivity contribution >= 4 is 5.91 Å². The van der Waals surface area contributed by atoms with Gasteiger partial charge < -0.3 is 14.2 Å². The molecule has 6 heteroatoms. The molecule has 2 aromatic rings. The number of fused-ring (bicyclic) bond motifs is 1. The number of para-hydroxylation sites is 1. The zero-order chi connectivity index (χ0) is 20.5. The summed E-state index contributed by atoms with van der Waals surface area (Å²) in [5.41, 5.74) is 3.24. The van der Waals surface area contributed by atoms with Crippen LogP contribution in [-0.4, -0.2) is 58.0 Å². The summed E-state index contributed by atoms with van der Waals surface area (Å²) in [6.45, 7) is 8.22. The van der Waals surface area contributed by atoms with Crippen LogP contribution in [0.15, 0.2) is 24.3 Å². The van der Waals surface area contributed by atoms with Gasteiger partial charge in [0.25, 0.3) is 5.91 Å². The Morgan fingerprint density at radius 3 is 2.70 bits per heavy atom. The fourth-order valence-corrected chi connectivity index (χ4v) is 4.63. The van der Waals surface area contributed by atoms with E-state index in [9.17, 15) is 4.79 Å². The number of hydrogen-bond donors (Lipinski definition) is 0. The van der Waals surface area contributed by atoms with Crippen LogP contribution in [0, 0.1) is 12.8 Å². The number of imidazole rings is 1. The molecule has 2 fully saturated rings. The first-order chi connectivity index (χ1) is 14.7. The zero-order valence-corrected chi connectivity index (χ0v) is 18.0. The molecule has 2 aliphatic heterocycles. The quantitative estimate of drug-likeness (QED) is 0.736. The first-order valence-electron chi connectivity index (χ1n) is 11.5. The molecule has 160 valence electrons. The fraction of sp³-hybridized carbons (Fsp3) is 0.583. The van der Waals surface area contributed by atoms with Crippen molar-refractivity contribution in [1.29, 1.82) is 0 Å². The van der Waals surface area contributed by atoms with E-state index in [-0.39, 0.29) is 5.91 Å². The average molecular weight is 409 g/mol. The van der Waals surface area contributed by atoms with Crippen LogP contribution in [0.4, 0.5) is 0 Å². The van der Waals surface area contributed by atoms with E-state index in [1.165, 1.54) is 42.9 Å². The molecule has 0 unspecified atom stereocenters. The monoisotopic (exact) mass is 408 g/mol. The van der Waals surface area contributed by atoms with Gasteiger partial charge in [-0.1, -0.05) is 12.1 Å². The number of ether oxygens (including phenoxy) is 1. The van der Waals surface area contributed by atoms with Gasteiger partial charge >= 0.3 is 0 Å². The minimum Gasteiger partial charge on any atom is -0.492 e. The van der Waals surface area contributed by atoms with Gasteiger partial charge in [-0.25, -0.2) is 4.98 Å². The lowest BCUT2D eigenvalue weighted by molar-refractivity contribution is 0.0620. The number of aromatic nitrogens is 2. The van der Waals surface area contributed by atoms with Crippen LogP contribution >= 0.6 is 0 Å². The van der Waals surface area contributed by atoms with Crippen LogP contribution in [0.2, 0.25) is 0 Å². The lowest BCUT2D eigenvalue weighted by atomic mass is 10.1. The zero-order valence-electron chi connectivity index (χ0n) is 18.0. The molecule has 1 saturated heterocycles. The maximum atomic E-state index is 13.2. The molecule has 30 heavy (non-hydrogen) atoms. The fourth-order valence-electron chi connectivity index (χ4n) is 4.63. The van der Waals surface area contributed by atoms with Crippen LogP contribution in [0.25, 0.3) is 0 Å². The molecule has 1 aliphatic carbocycles. The topological polar surface area (TPSA) is 50.6 Å². The third-order valence-corrected chi connectivity index (χ3v) is 6.71. The van der Waals surface area contributed by atoms with Crippen molar-refractivity contribution < 1.29 is 9.53 Å². The third kappa shape index (κ3) is 4.10. The molecule has 1 aromatic heterocycles. The second kappa shape index (κ2) is 8.42. The van der Waals surface area contributed by atoms with Crippen molar-refractivity contribution in [2.24, 2.45) is 5.92 Å². The summed E-state index contributed by atoms with van der Waals surface area (Å²) in [4.78, 5) is 22.4. The van der Waals surface area contributed by atoms with Crippen molar-refractivity contribution in [3.05, 3.63) is 47.0 Å². The van der Waals surface area contributed by atoms with Gasteiger partial charge in [-0.05, 0) is 50.7 Å². The van der Waals surface area contributed by atoms with Crippen molar-refractivity contribution in [2.45, 2.75) is 52.1 Å². The van der Waals surface area contributed by atoms with Crippen LogP contribution in [0.1, 0.15) is 53.3 Å². The van der Waals surface area contributed by atoms with Crippen LogP contribution in [0.5, 0.6) is 5.75 Å². The minimum atomic E-state index is 0.0963. The molecule has 3 aliphatic rings. The molecule has 0 N–H and O–H groups in total. The SMILES string of the molecule is Cc1nc2n(c1CN1CCN(C(=O)c3ccccc3OCC3CC3)CC1)CCCC2. The van der Waals surface area contributed by atoms with E-state index in [4.69, 9.17) is 9.72 Å². The van der Waals surface area contributed by atoms with Crippen LogP contribution in [-0.2, 0) is 19.5 Å². The Morgan fingerprint density at radius 1 is 1.10 bits per heavy atom. The molecule has 0 bridgehead atoms. The largest absolute Gasteiger partial charge is 0.492 e. The molecular weight excluding hydrogens is 376 g/mol. The standard InChI is InChI=1S/C24H32N4O2/c1-18-21(28-11-5-4-8-23(28)25-18)16-26-12-14-27(15-13-26)24(29)20-6-2-3-7-22(20)30-17-19-9-10-19/h2-3,6-7,19H,4-5,8-17H2,1H3. The van der Waals surface area contributed by atoms with E-state index in [2.05, 4.69) is 16.4 Å². The second-order valence-corrected chi connectivity index (χ2v) is 8.99. The predicted octanol–water partition coefficient (Wildman–Crippen LogP) is 3.27. The summed E-state index contributed by atoms with van der Waals surface area (Å²) in [6, 6.07) is 7.71. The molecule has 0 spiro atoms. The highest BCUT2D eigenvalue weighted by molar-refractivity contribution is 5.97. The van der Waals surface area contributed by atoms with E-state index in [1.54, 1.807) is 0 Å². The highest BCUT2D eigenvalue weighted by Gasteiger charge is 2.27. The summed E-state index contributed by atoms with van der Waals surface area (Å²) < 4.78 is 8.40. The molecule has 0 radical (unpaired) electrons. The van der Waals surface area contributed by atoms with Gasteiger partial charge in [0.1, 0.15) is 11.6 Å². The van der Waals surface area contributed by atoms with Gasteiger partial charge in [0.2, 0.25) is 0 Å². The maximum absolute atomic E-state index is 13.2. The maximum Gasteiger partial charge on any atom is 0.257 e. The van der Waals surface area contributed by atoms with Crippen molar-refractivity contribution in [3.8, 4) is 5.75 Å². The summed E-state index contributed by atoms with van der Waals surface area (Å²) in [6.07, 6.45) is 6.10. The van der Waals surface area contributed by atoms with Gasteiger partial charge in [-0.2, -0.15) is 0 Å². The first kappa shape index (κ1) is 19.6. The van der Waals surface area contributed by atoms with Gasteiger partial charge in [0.05, 0.1) is 23.6 Å². The number of hydrogen-bond acceptors (Lipinski definition) is 4. The Bertz CT molecular complexity index is 910. The van der Waals surface area contributed by atoms with Crippen LogP contribution in [0.3, 0.4) is 0 Å². The van der Waals surface area contributed by atoms with Crippen LogP contribution < -0.4 is 4.74 Å². The molecular formula is C24H32N4O2. The van der Waals surface area contributed by atoms with Gasteiger partial charge in [-0.3, -0.25) is 9.69 Å². The lowest BCUT2D eigenvalue weighted by Crippen LogP contribution is -2.48. The average Bonchev–Trinajstić information content (AvgIpc) is 3.56. The normalized spacial score (nSPS) is 19.6. The second-order valence-electron chi connectivity index (χ2n) is 8.99. The molecule has 0 atom stereocenters. The summed E-state index contributed by atoms with van der Waals surface area (Å²) in [5, 5.41) is 0. The molecule has 1 saturated carbocycles. The number of carbonyl (C=O) groups excluding carboxylic acids is 1. The molecule has 3 heterocycles. The number of rotatable bonds is 6. The Morgan fingerprint density at radius 2 is 1.90 bits per heavy atom. The van der Waals surface area contributed by atoms with E-state index >= 15 is 0 Å². The Balaban J connectivity index is 1.20. The minimum absolute atomic E-state index is 0.0963. The summed E-state index contributed by atoms with van der Waals surface area (Å²) in [7, 11) is 0. The van der Waals surface area contributed by atoms with E-state index in [0.717, 1.165) is 58.0 Å². The van der Waals surface area contributed by atoms with Gasteiger partial charge in [0.15, 0.2) is 0 Å². The van der Waals surface area contributed by atoms with Gasteiger partial charge in [0, 0.05) is 45.7 Å². The molecule has 1 amide bonds. The number of amides is 1. The van der Waals surface area contributed by atoms with Crippen molar-refractivity contribution in [1.82, 2.24) is 19.4 Å². The van der Waals surface area contributed by atoms with Crippen molar-refractivity contribution in [2.75, 3.05) is 32.8 Å². The Labute approximate surface area is 178 Å². The lowest BCUT2D eigenvalue weighted by Gasteiger charge is -2.35. The number of piperazine rings is 1. The number of aryl methyl sites for hydroxylation is 2. The third-order valence-electron chi connectivity index (χ3n) is 6.71. The Hall–Kier alpha value is -2.34. The number of nitrogens with zero attached hydrogens (tertiary/aromatic N) is 4. The predicted molar refractivity (Wildman–Crippen MR) is 116 cm³/mol. The highest BCUT2D eigenvalue weighted by atomic mass is 16.5. The van der Waals surface area contributed by atoms with E-state index in [1.807, 2.05) is 29.2 Å². The Kier molecular flexibility index (Phi) is 5.50. The van der Waals surface area contributed by atoms with Crippen molar-refractivity contribution in [3.63, 3.8) is 0 Å². The summed E-state index contributed by atoms with van der Waals surface area (Å²) >= 11 is 0. The molecule has 6 nitrogen and oxygen atoms in total. The van der Waals surface area contributed by atoms with E-state index in [0.29, 0.717) is 11.5 Å². The smallest absolute Gasteiger partial charge is 0.257 e. The number of carbonyl (C=O) groups is 1. The van der Waals surface area contributed by atoms with Gasteiger partial charge in [-0.15, -0.1) is 0 Å².